The summed E-state index contributed by atoms with van der Waals surface area (Å²) in [5.41, 5.74) is 7.34. The lowest BCUT2D eigenvalue weighted by Crippen LogP contribution is -2.44. The normalized spacial score (nSPS) is 18.1. The minimum Gasteiger partial charge on any atom is -0.492 e. The highest BCUT2D eigenvalue weighted by Crippen LogP contribution is 2.34. The van der Waals surface area contributed by atoms with Crippen molar-refractivity contribution < 1.29 is 19.4 Å². The fourth-order valence-electron chi connectivity index (χ4n) is 3.69. The number of hydrogen-bond acceptors (Lipinski definition) is 5. The molecule has 0 spiro atoms. The van der Waals surface area contributed by atoms with Gasteiger partial charge < -0.3 is 20.5 Å². The van der Waals surface area contributed by atoms with Crippen LogP contribution in [0, 0.1) is 12.8 Å². The molecule has 2 aromatic rings. The van der Waals surface area contributed by atoms with E-state index in [1.54, 1.807) is 19.1 Å². The van der Waals surface area contributed by atoms with Crippen molar-refractivity contribution >= 4 is 51.1 Å². The van der Waals surface area contributed by atoms with Crippen LogP contribution in [0.1, 0.15) is 35.8 Å². The van der Waals surface area contributed by atoms with Crippen LogP contribution >= 0.6 is 22.6 Å². The van der Waals surface area contributed by atoms with Crippen molar-refractivity contribution in [2.75, 3.05) is 25.4 Å². The lowest BCUT2D eigenvalue weighted by atomic mass is 9.98. The van der Waals surface area contributed by atoms with E-state index >= 15 is 0 Å². The van der Waals surface area contributed by atoms with Gasteiger partial charge in [-0.15, -0.1) is 0 Å². The molecule has 0 radical (unpaired) electrons. The second-order valence-corrected chi connectivity index (χ2v) is 9.03. The Hall–Kier alpha value is -2.10. The Labute approximate surface area is 177 Å². The number of ether oxygens (including phenoxy) is 1. The van der Waals surface area contributed by atoms with Gasteiger partial charge in [0.2, 0.25) is 5.91 Å². The second-order valence-electron chi connectivity index (χ2n) is 7.16. The number of carbonyl (C=O) groups is 2. The van der Waals surface area contributed by atoms with E-state index in [-0.39, 0.29) is 27.0 Å². The van der Waals surface area contributed by atoms with Crippen LogP contribution in [0.3, 0.4) is 0 Å². The monoisotopic (exact) mass is 497 g/mol. The number of rotatable bonds is 5. The molecule has 1 aromatic heterocycles. The fraction of sp³-hybridized carbons (Fsp3) is 0.450. The Morgan fingerprint density at radius 2 is 2.21 bits per heavy atom. The number of nitrogens with zero attached hydrogens (tertiary/aromatic N) is 2. The first-order valence-electron chi connectivity index (χ1n) is 9.27. The number of hydrogen-bond donors (Lipinski definition) is 2. The Morgan fingerprint density at radius 3 is 2.89 bits per heavy atom. The molecule has 7 nitrogen and oxygen atoms in total. The first-order valence-corrected chi connectivity index (χ1v) is 10.5. The van der Waals surface area contributed by atoms with Crippen molar-refractivity contribution in [1.29, 1.82) is 0 Å². The third kappa shape index (κ3) is 4.16. The fourth-order valence-corrected chi connectivity index (χ4v) is 4.08. The number of fused-ring (bicyclic) bond motifs is 1. The van der Waals surface area contributed by atoms with Crippen molar-refractivity contribution in [2.24, 2.45) is 5.92 Å². The molecule has 3 N–H and O–H groups in total. The maximum atomic E-state index is 12.3. The van der Waals surface area contributed by atoms with Crippen LogP contribution in [-0.4, -0.2) is 50.5 Å². The van der Waals surface area contributed by atoms with Gasteiger partial charge in [0.05, 0.1) is 32.8 Å². The predicted octanol–water partition coefficient (Wildman–Crippen LogP) is 3.26. The molecule has 3 rings (SSSR count). The van der Waals surface area contributed by atoms with E-state index in [0.717, 1.165) is 19.4 Å². The van der Waals surface area contributed by atoms with Gasteiger partial charge in [-0.3, -0.25) is 9.78 Å². The molecule has 8 heteroatoms. The average molecular weight is 497 g/mol. The number of nitrogen functional groups attached to an aromatic ring is 1. The highest BCUT2D eigenvalue weighted by Gasteiger charge is 2.26. The Morgan fingerprint density at radius 1 is 1.46 bits per heavy atom. The zero-order chi connectivity index (χ0) is 20.4. The molecule has 1 aromatic carbocycles. The molecule has 0 aliphatic carbocycles. The summed E-state index contributed by atoms with van der Waals surface area (Å²) >= 11 is 2.14. The summed E-state index contributed by atoms with van der Waals surface area (Å²) in [7, 11) is 0. The van der Waals surface area contributed by atoms with Gasteiger partial charge in [0.25, 0.3) is 0 Å². The number of anilines is 1. The molecule has 0 saturated carbocycles. The van der Waals surface area contributed by atoms with Crippen molar-refractivity contribution in [3.8, 4) is 5.75 Å². The van der Waals surface area contributed by atoms with Crippen LogP contribution < -0.4 is 10.5 Å². The van der Waals surface area contributed by atoms with Crippen LogP contribution in [0.5, 0.6) is 5.75 Å². The van der Waals surface area contributed by atoms with E-state index in [0.29, 0.717) is 35.5 Å². The molecule has 2 unspecified atom stereocenters. The summed E-state index contributed by atoms with van der Waals surface area (Å²) in [6.45, 7) is 5.43. The summed E-state index contributed by atoms with van der Waals surface area (Å²) in [6.07, 6.45) is 1.93. The van der Waals surface area contributed by atoms with Crippen LogP contribution in [0.15, 0.2) is 18.2 Å². The maximum absolute atomic E-state index is 12.3. The van der Waals surface area contributed by atoms with Crippen molar-refractivity contribution in [3.05, 3.63) is 29.5 Å². The van der Waals surface area contributed by atoms with E-state index < -0.39 is 5.97 Å². The molecule has 2 heterocycles. The number of alkyl halides is 1. The summed E-state index contributed by atoms with van der Waals surface area (Å²) in [5, 5.41) is 9.98. The molecule has 1 aliphatic heterocycles. The predicted molar refractivity (Wildman–Crippen MR) is 116 cm³/mol. The molecule has 1 aliphatic rings. The Bertz CT molecular complexity index is 916. The third-order valence-electron chi connectivity index (χ3n) is 5.05. The summed E-state index contributed by atoms with van der Waals surface area (Å²) < 4.78 is 6.01. The number of aromatic nitrogens is 1. The van der Waals surface area contributed by atoms with Gasteiger partial charge in [-0.2, -0.15) is 0 Å². The zero-order valence-corrected chi connectivity index (χ0v) is 18.1. The first kappa shape index (κ1) is 20.6. The minimum absolute atomic E-state index is 0.00835. The maximum Gasteiger partial charge on any atom is 0.339 e. The first-order chi connectivity index (χ1) is 13.3. The van der Waals surface area contributed by atoms with E-state index in [9.17, 15) is 14.7 Å². The van der Waals surface area contributed by atoms with Crippen molar-refractivity contribution in [3.63, 3.8) is 0 Å². The van der Waals surface area contributed by atoms with Crippen LogP contribution in [0.2, 0.25) is 0 Å². The number of likely N-dealkylation sites (tertiary alicyclic amines) is 1. The molecule has 1 saturated heterocycles. The molecular weight excluding hydrogens is 473 g/mol. The van der Waals surface area contributed by atoms with E-state index in [4.69, 9.17) is 10.5 Å². The van der Waals surface area contributed by atoms with E-state index in [1.807, 2.05) is 17.9 Å². The van der Waals surface area contributed by atoms with Crippen LogP contribution in [0.25, 0.3) is 10.9 Å². The highest BCUT2D eigenvalue weighted by molar-refractivity contribution is 14.1. The Kier molecular flexibility index (Phi) is 6.26. The zero-order valence-electron chi connectivity index (χ0n) is 15.9. The van der Waals surface area contributed by atoms with Crippen LogP contribution in [-0.2, 0) is 4.79 Å². The number of aryl methyl sites for hydroxylation is 1. The van der Waals surface area contributed by atoms with Crippen LogP contribution in [0.4, 0.5) is 5.69 Å². The number of nitrogens with two attached hydrogens (primary N) is 1. The largest absolute Gasteiger partial charge is 0.492 e. The number of halogens is 1. The quantitative estimate of drug-likeness (QED) is 0.486. The second kappa shape index (κ2) is 8.50. The number of amides is 1. The van der Waals surface area contributed by atoms with Crippen molar-refractivity contribution in [1.82, 2.24) is 9.88 Å². The van der Waals surface area contributed by atoms with E-state index in [1.165, 1.54) is 0 Å². The minimum atomic E-state index is -1.10. The topological polar surface area (TPSA) is 106 Å². The Balaban J connectivity index is 1.82. The van der Waals surface area contributed by atoms with E-state index in [2.05, 4.69) is 27.6 Å². The number of carboxylic acid groups (broad SMARTS) is 1. The third-order valence-corrected chi connectivity index (χ3v) is 5.59. The number of carboxylic acids is 1. The van der Waals surface area contributed by atoms with Gasteiger partial charge in [-0.1, -0.05) is 28.7 Å². The number of aromatic carboxylic acids is 1. The molecule has 2 atom stereocenters. The average Bonchev–Trinajstić information content (AvgIpc) is 2.65. The summed E-state index contributed by atoms with van der Waals surface area (Å²) in [4.78, 5) is 30.1. The molecule has 28 heavy (non-hydrogen) atoms. The SMILES string of the molecule is Cc1nc2cccc(OCC3CCCN(C(=O)C(C)I)C3)c2c(N)c1C(=O)O. The molecule has 150 valence electrons. The summed E-state index contributed by atoms with van der Waals surface area (Å²) in [6, 6.07) is 5.39. The molecule has 1 amide bonds. The molecule has 0 bridgehead atoms. The number of carbonyl (C=O) groups excluding carboxylic acids is 1. The summed E-state index contributed by atoms with van der Waals surface area (Å²) in [5.74, 6) is -0.198. The van der Waals surface area contributed by atoms with Gasteiger partial charge in [-0.05, 0) is 38.8 Å². The van der Waals surface area contributed by atoms with Gasteiger partial charge in [0.15, 0.2) is 0 Å². The standard InChI is InChI=1S/C20H24IN3O4/c1-11(21)19(25)24-8-4-5-13(9-24)10-28-15-7-3-6-14-17(15)18(22)16(20(26)27)12(2)23-14/h3,6-7,11,13H,4-5,8-10H2,1-2H3,(H2,22,23)(H,26,27). The van der Waals surface area contributed by atoms with Gasteiger partial charge in [-0.25, -0.2) is 4.79 Å². The van der Waals surface area contributed by atoms with Crippen molar-refractivity contribution in [2.45, 2.75) is 30.6 Å². The lowest BCUT2D eigenvalue weighted by Gasteiger charge is -2.33. The lowest BCUT2D eigenvalue weighted by molar-refractivity contribution is -0.131. The number of benzene rings is 1. The van der Waals surface area contributed by atoms with Gasteiger partial charge >= 0.3 is 5.97 Å². The van der Waals surface area contributed by atoms with Gasteiger partial charge in [0.1, 0.15) is 11.3 Å². The van der Waals surface area contributed by atoms with Gasteiger partial charge in [0, 0.05) is 19.0 Å². The smallest absolute Gasteiger partial charge is 0.339 e. The number of pyridine rings is 1. The highest BCUT2D eigenvalue weighted by atomic mass is 127. The number of piperidine rings is 1. The molecular formula is C20H24IN3O4. The molecule has 1 fully saturated rings.